The summed E-state index contributed by atoms with van der Waals surface area (Å²) in [5.41, 5.74) is 3.89. The highest BCUT2D eigenvalue weighted by Gasteiger charge is 2.11. The first-order valence-corrected chi connectivity index (χ1v) is 9.11. The second-order valence-corrected chi connectivity index (χ2v) is 6.56. The van der Waals surface area contributed by atoms with Crippen LogP contribution in [0.1, 0.15) is 11.1 Å². The Hall–Kier alpha value is -3.45. The van der Waals surface area contributed by atoms with Gasteiger partial charge in [0, 0.05) is 17.8 Å². The van der Waals surface area contributed by atoms with Gasteiger partial charge in [0.05, 0.1) is 18.1 Å². The summed E-state index contributed by atoms with van der Waals surface area (Å²) in [7, 11) is 1.59. The number of halogens is 2. The zero-order chi connectivity index (χ0) is 20.2. The predicted octanol–water partition coefficient (Wildman–Crippen LogP) is 4.62. The molecular formula is C22H21ClFN3O3. The van der Waals surface area contributed by atoms with Gasteiger partial charge in [-0.25, -0.2) is 9.18 Å². The highest BCUT2D eigenvalue weighted by Crippen LogP contribution is 2.32. The van der Waals surface area contributed by atoms with Gasteiger partial charge in [0.2, 0.25) is 0 Å². The predicted molar refractivity (Wildman–Crippen MR) is 117 cm³/mol. The SMILES string of the molecule is COc1cccc(CNc2ccc3[nH]c(=O)[nH]c3c2)c1OCc1ccc(F)cc1.Cl. The molecule has 1 aromatic heterocycles. The van der Waals surface area contributed by atoms with Crippen LogP contribution in [-0.2, 0) is 13.2 Å². The van der Waals surface area contributed by atoms with Crippen molar-refractivity contribution in [3.8, 4) is 11.5 Å². The van der Waals surface area contributed by atoms with E-state index in [0.717, 1.165) is 27.8 Å². The number of para-hydroxylation sites is 1. The summed E-state index contributed by atoms with van der Waals surface area (Å²) in [4.78, 5) is 16.9. The van der Waals surface area contributed by atoms with E-state index in [4.69, 9.17) is 9.47 Å². The minimum Gasteiger partial charge on any atom is -0.493 e. The van der Waals surface area contributed by atoms with E-state index in [2.05, 4.69) is 15.3 Å². The van der Waals surface area contributed by atoms with Gasteiger partial charge in [-0.05, 0) is 42.0 Å². The standard InChI is InChI=1S/C22H20FN3O3.ClH/c1-28-20-4-2-3-15(21(20)29-13-14-5-7-16(23)8-6-14)12-24-17-9-10-18-19(11-17)26-22(27)25-18;/h2-11,24H,12-13H2,1H3,(H2,25,26,27);1H. The molecule has 156 valence electrons. The number of nitrogens with one attached hydrogen (secondary N) is 3. The zero-order valence-corrected chi connectivity index (χ0v) is 17.0. The van der Waals surface area contributed by atoms with Crippen molar-refractivity contribution in [2.24, 2.45) is 0 Å². The maximum Gasteiger partial charge on any atom is 0.323 e. The molecule has 0 saturated heterocycles. The van der Waals surface area contributed by atoms with Crippen molar-refractivity contribution < 1.29 is 13.9 Å². The fraction of sp³-hybridized carbons (Fsp3) is 0.136. The normalized spacial score (nSPS) is 10.5. The van der Waals surface area contributed by atoms with Crippen molar-refractivity contribution >= 4 is 29.1 Å². The van der Waals surface area contributed by atoms with Crippen LogP contribution in [0.2, 0.25) is 0 Å². The highest BCUT2D eigenvalue weighted by atomic mass is 35.5. The monoisotopic (exact) mass is 429 g/mol. The number of aromatic amines is 2. The average Bonchev–Trinajstić information content (AvgIpc) is 3.11. The third-order valence-electron chi connectivity index (χ3n) is 4.58. The van der Waals surface area contributed by atoms with Crippen molar-refractivity contribution in [2.45, 2.75) is 13.2 Å². The summed E-state index contributed by atoms with van der Waals surface area (Å²) in [5.74, 6) is 0.969. The van der Waals surface area contributed by atoms with E-state index in [9.17, 15) is 9.18 Å². The molecule has 8 heteroatoms. The van der Waals surface area contributed by atoms with E-state index in [1.54, 1.807) is 19.2 Å². The number of anilines is 1. The maximum absolute atomic E-state index is 13.1. The number of hydrogen-bond acceptors (Lipinski definition) is 4. The molecule has 0 aliphatic heterocycles. The number of fused-ring (bicyclic) bond motifs is 1. The van der Waals surface area contributed by atoms with Gasteiger partial charge >= 0.3 is 5.69 Å². The van der Waals surface area contributed by atoms with Gasteiger partial charge in [0.1, 0.15) is 12.4 Å². The lowest BCUT2D eigenvalue weighted by atomic mass is 10.1. The lowest BCUT2D eigenvalue weighted by Crippen LogP contribution is -2.05. The van der Waals surface area contributed by atoms with E-state index >= 15 is 0 Å². The summed E-state index contributed by atoms with van der Waals surface area (Å²) in [6.07, 6.45) is 0. The van der Waals surface area contributed by atoms with Gasteiger partial charge in [-0.15, -0.1) is 12.4 Å². The van der Waals surface area contributed by atoms with Crippen molar-refractivity contribution in [1.82, 2.24) is 9.97 Å². The lowest BCUT2D eigenvalue weighted by Gasteiger charge is -2.16. The van der Waals surface area contributed by atoms with Crippen LogP contribution in [0.15, 0.2) is 65.5 Å². The fourth-order valence-electron chi connectivity index (χ4n) is 3.10. The molecule has 0 amide bonds. The van der Waals surface area contributed by atoms with Crippen LogP contribution in [0, 0.1) is 5.82 Å². The van der Waals surface area contributed by atoms with Crippen LogP contribution < -0.4 is 20.5 Å². The van der Waals surface area contributed by atoms with Crippen LogP contribution >= 0.6 is 12.4 Å². The van der Waals surface area contributed by atoms with Gasteiger partial charge < -0.3 is 24.8 Å². The van der Waals surface area contributed by atoms with Crippen molar-refractivity contribution in [1.29, 1.82) is 0 Å². The van der Waals surface area contributed by atoms with Crippen molar-refractivity contribution in [3.63, 3.8) is 0 Å². The maximum atomic E-state index is 13.1. The Morgan fingerprint density at radius 2 is 1.77 bits per heavy atom. The van der Waals surface area contributed by atoms with Crippen LogP contribution in [0.3, 0.4) is 0 Å². The summed E-state index contributed by atoms with van der Waals surface area (Å²) >= 11 is 0. The Morgan fingerprint density at radius 1 is 1.00 bits per heavy atom. The Bertz CT molecular complexity index is 1190. The minimum atomic E-state index is -0.281. The van der Waals surface area contributed by atoms with E-state index in [1.807, 2.05) is 36.4 Å². The first-order valence-electron chi connectivity index (χ1n) is 9.11. The molecule has 0 aliphatic rings. The number of H-pyrrole nitrogens is 2. The van der Waals surface area contributed by atoms with Crippen molar-refractivity contribution in [2.75, 3.05) is 12.4 Å². The molecule has 0 bridgehead atoms. The van der Waals surface area contributed by atoms with E-state index in [-0.39, 0.29) is 23.9 Å². The second-order valence-electron chi connectivity index (χ2n) is 6.56. The Kier molecular flexibility index (Phi) is 6.64. The van der Waals surface area contributed by atoms with Gasteiger partial charge in [-0.1, -0.05) is 24.3 Å². The minimum absolute atomic E-state index is 0. The Labute approximate surface area is 178 Å². The number of aromatic nitrogens is 2. The highest BCUT2D eigenvalue weighted by molar-refractivity contribution is 5.85. The summed E-state index contributed by atoms with van der Waals surface area (Å²) in [6.45, 7) is 0.792. The topological polar surface area (TPSA) is 79.1 Å². The van der Waals surface area contributed by atoms with Gasteiger partial charge in [-0.3, -0.25) is 0 Å². The van der Waals surface area contributed by atoms with Crippen LogP contribution in [0.4, 0.5) is 10.1 Å². The van der Waals surface area contributed by atoms with E-state index in [0.29, 0.717) is 24.7 Å². The van der Waals surface area contributed by atoms with Crippen molar-refractivity contribution in [3.05, 3.63) is 88.1 Å². The Balaban J connectivity index is 0.00000256. The molecule has 4 aromatic rings. The number of ether oxygens (including phenoxy) is 2. The molecule has 3 N–H and O–H groups in total. The number of imidazole rings is 1. The molecule has 0 spiro atoms. The summed E-state index contributed by atoms with van der Waals surface area (Å²) < 4.78 is 24.6. The third kappa shape index (κ3) is 4.75. The number of rotatable bonds is 7. The molecule has 0 radical (unpaired) electrons. The second kappa shape index (κ2) is 9.37. The van der Waals surface area contributed by atoms with Crippen LogP contribution in [-0.4, -0.2) is 17.1 Å². The van der Waals surface area contributed by atoms with Gasteiger partial charge in [-0.2, -0.15) is 0 Å². The molecule has 3 aromatic carbocycles. The number of benzene rings is 3. The number of methoxy groups -OCH3 is 1. The quantitative estimate of drug-likeness (QED) is 0.400. The van der Waals surface area contributed by atoms with Crippen LogP contribution in [0.5, 0.6) is 11.5 Å². The molecular weight excluding hydrogens is 409 g/mol. The molecule has 0 saturated carbocycles. The molecule has 6 nitrogen and oxygen atoms in total. The molecule has 0 atom stereocenters. The van der Waals surface area contributed by atoms with E-state index in [1.165, 1.54) is 12.1 Å². The Morgan fingerprint density at radius 3 is 2.53 bits per heavy atom. The first kappa shape index (κ1) is 21.3. The fourth-order valence-corrected chi connectivity index (χ4v) is 3.10. The summed E-state index contributed by atoms with van der Waals surface area (Å²) in [6, 6.07) is 17.5. The smallest absolute Gasteiger partial charge is 0.323 e. The zero-order valence-electron chi connectivity index (χ0n) is 16.2. The van der Waals surface area contributed by atoms with Gasteiger partial charge in [0.25, 0.3) is 0 Å². The van der Waals surface area contributed by atoms with Crippen LogP contribution in [0.25, 0.3) is 11.0 Å². The molecule has 30 heavy (non-hydrogen) atoms. The lowest BCUT2D eigenvalue weighted by molar-refractivity contribution is 0.281. The molecule has 4 rings (SSSR count). The average molecular weight is 430 g/mol. The third-order valence-corrected chi connectivity index (χ3v) is 4.58. The molecule has 0 fully saturated rings. The molecule has 0 unspecified atom stereocenters. The first-order chi connectivity index (χ1) is 14.1. The molecule has 1 heterocycles. The largest absolute Gasteiger partial charge is 0.493 e. The van der Waals surface area contributed by atoms with E-state index < -0.39 is 0 Å². The number of hydrogen-bond donors (Lipinski definition) is 3. The van der Waals surface area contributed by atoms with Gasteiger partial charge in [0.15, 0.2) is 11.5 Å². The summed E-state index contributed by atoms with van der Waals surface area (Å²) in [5, 5.41) is 3.34. The molecule has 0 aliphatic carbocycles.